The second-order valence-corrected chi connectivity index (χ2v) is 3.85. The van der Waals surface area contributed by atoms with Crippen LogP contribution >= 0.6 is 0 Å². The van der Waals surface area contributed by atoms with Crippen molar-refractivity contribution in [2.24, 2.45) is 0 Å². The van der Waals surface area contributed by atoms with Gasteiger partial charge in [-0.3, -0.25) is 4.79 Å². The van der Waals surface area contributed by atoms with E-state index in [9.17, 15) is 4.79 Å². The zero-order valence-corrected chi connectivity index (χ0v) is 9.63. The molecule has 0 spiro atoms. The van der Waals surface area contributed by atoms with Crippen LogP contribution < -0.4 is 4.90 Å². The highest BCUT2D eigenvalue weighted by Gasteiger charge is 2.20. The molecule has 88 valence electrons. The number of amides is 1. The highest BCUT2D eigenvalue weighted by Crippen LogP contribution is 2.10. The van der Waals surface area contributed by atoms with Crippen molar-refractivity contribution in [2.45, 2.75) is 6.92 Å². The Labute approximate surface area is 99.5 Å². The van der Waals surface area contributed by atoms with Crippen molar-refractivity contribution in [3.63, 3.8) is 0 Å². The molecule has 0 aromatic carbocycles. The number of aromatic nitrogens is 2. The lowest BCUT2D eigenvalue weighted by atomic mass is 10.3. The summed E-state index contributed by atoms with van der Waals surface area (Å²) in [5.41, 5.74) is 0.365. The van der Waals surface area contributed by atoms with E-state index in [4.69, 9.17) is 5.26 Å². The first-order valence-electron chi connectivity index (χ1n) is 5.44. The molecule has 1 aliphatic heterocycles. The van der Waals surface area contributed by atoms with Crippen LogP contribution in [0.15, 0.2) is 12.3 Å². The van der Waals surface area contributed by atoms with Crippen molar-refractivity contribution in [1.82, 2.24) is 14.9 Å². The molecule has 1 saturated heterocycles. The van der Waals surface area contributed by atoms with E-state index < -0.39 is 0 Å². The molecule has 6 heteroatoms. The molecule has 1 aromatic heterocycles. The molecule has 0 aliphatic carbocycles. The lowest BCUT2D eigenvalue weighted by Gasteiger charge is -2.34. The average Bonchev–Trinajstić information content (AvgIpc) is 2.39. The van der Waals surface area contributed by atoms with Crippen LogP contribution in [-0.4, -0.2) is 47.0 Å². The van der Waals surface area contributed by atoms with E-state index >= 15 is 0 Å². The minimum absolute atomic E-state index is 0.0938. The molecule has 0 bridgehead atoms. The van der Waals surface area contributed by atoms with E-state index in [2.05, 4.69) is 9.97 Å². The summed E-state index contributed by atoms with van der Waals surface area (Å²) in [5, 5.41) is 8.76. The fraction of sp³-hybridized carbons (Fsp3) is 0.455. The van der Waals surface area contributed by atoms with Crippen molar-refractivity contribution in [3.05, 3.63) is 18.0 Å². The van der Waals surface area contributed by atoms with Crippen molar-refractivity contribution in [3.8, 4) is 6.07 Å². The normalized spacial score (nSPS) is 15.5. The Morgan fingerprint density at radius 3 is 2.71 bits per heavy atom. The number of carbonyl (C=O) groups is 1. The molecule has 2 rings (SSSR count). The number of nitrogens with zero attached hydrogens (tertiary/aromatic N) is 5. The SMILES string of the molecule is CC(=O)N1CCN(c2nccc(C#N)n2)CC1. The van der Waals surface area contributed by atoms with Gasteiger partial charge in [-0.05, 0) is 6.07 Å². The van der Waals surface area contributed by atoms with E-state index in [0.717, 1.165) is 0 Å². The Bertz CT molecular complexity index is 459. The van der Waals surface area contributed by atoms with Crippen LogP contribution in [-0.2, 0) is 4.79 Å². The Kier molecular flexibility index (Phi) is 3.19. The highest BCUT2D eigenvalue weighted by atomic mass is 16.2. The van der Waals surface area contributed by atoms with Crippen LogP contribution in [0.4, 0.5) is 5.95 Å². The van der Waals surface area contributed by atoms with Crippen molar-refractivity contribution in [1.29, 1.82) is 5.26 Å². The highest BCUT2D eigenvalue weighted by molar-refractivity contribution is 5.73. The third-order valence-electron chi connectivity index (χ3n) is 2.77. The number of carbonyl (C=O) groups excluding carboxylic acids is 1. The third kappa shape index (κ3) is 2.50. The van der Waals surface area contributed by atoms with Gasteiger partial charge in [0.1, 0.15) is 11.8 Å². The molecule has 0 atom stereocenters. The minimum Gasteiger partial charge on any atom is -0.339 e. The van der Waals surface area contributed by atoms with Crippen molar-refractivity contribution < 1.29 is 4.79 Å². The fourth-order valence-corrected chi connectivity index (χ4v) is 1.78. The molecule has 0 saturated carbocycles. The quantitative estimate of drug-likeness (QED) is 0.681. The molecule has 17 heavy (non-hydrogen) atoms. The van der Waals surface area contributed by atoms with Crippen LogP contribution in [0.3, 0.4) is 0 Å². The molecular formula is C11H13N5O. The van der Waals surface area contributed by atoms with Crippen LogP contribution in [0.2, 0.25) is 0 Å². The van der Waals surface area contributed by atoms with Crippen LogP contribution in [0.1, 0.15) is 12.6 Å². The molecule has 1 aliphatic rings. The molecule has 1 fully saturated rings. The summed E-state index contributed by atoms with van der Waals surface area (Å²) in [7, 11) is 0. The Morgan fingerprint density at radius 2 is 2.12 bits per heavy atom. The van der Waals surface area contributed by atoms with Crippen LogP contribution in [0.5, 0.6) is 0 Å². The first-order valence-corrected chi connectivity index (χ1v) is 5.44. The monoisotopic (exact) mass is 231 g/mol. The molecule has 2 heterocycles. The number of piperazine rings is 1. The summed E-state index contributed by atoms with van der Waals surface area (Å²) in [6.45, 7) is 4.33. The van der Waals surface area contributed by atoms with Gasteiger partial charge in [-0.15, -0.1) is 0 Å². The van der Waals surface area contributed by atoms with Gasteiger partial charge in [0.15, 0.2) is 0 Å². The molecule has 1 amide bonds. The van der Waals surface area contributed by atoms with Gasteiger partial charge >= 0.3 is 0 Å². The van der Waals surface area contributed by atoms with Gasteiger partial charge < -0.3 is 9.80 Å². The predicted octanol–water partition coefficient (Wildman–Crippen LogP) is 0.0168. The predicted molar refractivity (Wildman–Crippen MR) is 61.2 cm³/mol. The summed E-state index contributed by atoms with van der Waals surface area (Å²) in [6.07, 6.45) is 1.58. The summed E-state index contributed by atoms with van der Waals surface area (Å²) >= 11 is 0. The Balaban J connectivity index is 2.05. The van der Waals surface area contributed by atoms with Gasteiger partial charge in [0.05, 0.1) is 0 Å². The molecule has 0 unspecified atom stereocenters. The molecular weight excluding hydrogens is 218 g/mol. The topological polar surface area (TPSA) is 73.1 Å². The molecule has 0 radical (unpaired) electrons. The maximum atomic E-state index is 11.2. The second-order valence-electron chi connectivity index (χ2n) is 3.85. The van der Waals surface area contributed by atoms with Gasteiger partial charge in [-0.1, -0.05) is 0 Å². The lowest BCUT2D eigenvalue weighted by Crippen LogP contribution is -2.48. The van der Waals surface area contributed by atoms with Gasteiger partial charge in [0.25, 0.3) is 0 Å². The minimum atomic E-state index is 0.0938. The lowest BCUT2D eigenvalue weighted by molar-refractivity contribution is -0.129. The number of hydrogen-bond acceptors (Lipinski definition) is 5. The summed E-state index contributed by atoms with van der Waals surface area (Å²) in [6, 6.07) is 3.57. The van der Waals surface area contributed by atoms with E-state index in [1.54, 1.807) is 24.1 Å². The van der Waals surface area contributed by atoms with Crippen molar-refractivity contribution >= 4 is 11.9 Å². The van der Waals surface area contributed by atoms with Gasteiger partial charge in [-0.25, -0.2) is 9.97 Å². The first-order chi connectivity index (χ1) is 8.20. The van der Waals surface area contributed by atoms with E-state index in [0.29, 0.717) is 37.8 Å². The number of anilines is 1. The zero-order chi connectivity index (χ0) is 12.3. The second kappa shape index (κ2) is 4.78. The molecule has 0 N–H and O–H groups in total. The van der Waals surface area contributed by atoms with Crippen molar-refractivity contribution in [2.75, 3.05) is 31.1 Å². The third-order valence-corrected chi connectivity index (χ3v) is 2.77. The summed E-state index contributed by atoms with van der Waals surface area (Å²) in [4.78, 5) is 23.2. The Hall–Kier alpha value is -2.16. The smallest absolute Gasteiger partial charge is 0.226 e. The standard InChI is InChI=1S/C11H13N5O/c1-9(17)15-4-6-16(7-5-15)11-13-3-2-10(8-12)14-11/h2-3H,4-7H2,1H3. The molecule has 1 aromatic rings. The maximum absolute atomic E-state index is 11.2. The number of hydrogen-bond donors (Lipinski definition) is 0. The zero-order valence-electron chi connectivity index (χ0n) is 9.63. The van der Waals surface area contributed by atoms with Gasteiger partial charge in [-0.2, -0.15) is 5.26 Å². The molecule has 6 nitrogen and oxygen atoms in total. The summed E-state index contributed by atoms with van der Waals surface area (Å²) in [5.74, 6) is 0.656. The average molecular weight is 231 g/mol. The van der Waals surface area contributed by atoms with E-state index in [-0.39, 0.29) is 5.91 Å². The van der Waals surface area contributed by atoms with Gasteiger partial charge in [0.2, 0.25) is 11.9 Å². The number of rotatable bonds is 1. The van der Waals surface area contributed by atoms with Crippen LogP contribution in [0, 0.1) is 11.3 Å². The maximum Gasteiger partial charge on any atom is 0.226 e. The largest absolute Gasteiger partial charge is 0.339 e. The fourth-order valence-electron chi connectivity index (χ4n) is 1.78. The van der Waals surface area contributed by atoms with E-state index in [1.165, 1.54) is 0 Å². The Morgan fingerprint density at radius 1 is 1.41 bits per heavy atom. The van der Waals surface area contributed by atoms with Crippen LogP contribution in [0.25, 0.3) is 0 Å². The summed E-state index contributed by atoms with van der Waals surface area (Å²) < 4.78 is 0. The van der Waals surface area contributed by atoms with E-state index in [1.807, 2.05) is 11.0 Å². The number of nitriles is 1. The first kappa shape index (κ1) is 11.3. The van der Waals surface area contributed by atoms with Gasteiger partial charge in [0, 0.05) is 39.3 Å².